The van der Waals surface area contributed by atoms with E-state index >= 15 is 0 Å². The molecule has 0 aliphatic rings. The molecule has 0 spiro atoms. The van der Waals surface area contributed by atoms with Crippen molar-refractivity contribution in [2.24, 2.45) is 5.92 Å². The fourth-order valence-electron chi connectivity index (χ4n) is 0.818. The number of aliphatic carboxylic acids is 1. The average Bonchev–Trinajstić information content (AvgIpc) is 2.03. The number of carboxylic acid groups (broad SMARTS) is 1. The van der Waals surface area contributed by atoms with Crippen LogP contribution in [0, 0.1) is 5.92 Å². The monoisotopic (exact) mass is 176 g/mol. The maximum Gasteiger partial charge on any atom is 0.335 e. The third kappa shape index (κ3) is 2.50. The molecule has 0 aromatic carbocycles. The summed E-state index contributed by atoms with van der Waals surface area (Å²) in [4.78, 5) is 21.1. The second-order valence-electron chi connectivity index (χ2n) is 2.32. The summed E-state index contributed by atoms with van der Waals surface area (Å²) in [5.74, 6) is -3.20. The molecule has 0 aromatic rings. The lowest BCUT2D eigenvalue weighted by molar-refractivity contribution is -0.161. The molecule has 0 rings (SSSR count). The maximum atomic E-state index is 10.7. The number of carboxylic acids is 1. The van der Waals surface area contributed by atoms with Crippen LogP contribution < -0.4 is 0 Å². The Morgan fingerprint density at radius 2 is 2.00 bits per heavy atom. The number of esters is 1. The molecule has 0 fully saturated rings. The number of carbonyl (C=O) groups is 2. The highest BCUT2D eigenvalue weighted by Crippen LogP contribution is 2.09. The van der Waals surface area contributed by atoms with Crippen molar-refractivity contribution in [2.45, 2.75) is 19.4 Å². The van der Waals surface area contributed by atoms with Gasteiger partial charge in [-0.05, 0) is 6.42 Å². The van der Waals surface area contributed by atoms with E-state index in [0.29, 0.717) is 0 Å². The largest absolute Gasteiger partial charge is 0.481 e. The number of carbonyl (C=O) groups excluding carboxylic acids is 1. The highest BCUT2D eigenvalue weighted by atomic mass is 16.5. The zero-order chi connectivity index (χ0) is 9.72. The first-order chi connectivity index (χ1) is 5.54. The Morgan fingerprint density at radius 1 is 1.50 bits per heavy atom. The third-order valence-electron chi connectivity index (χ3n) is 1.58. The minimum atomic E-state index is -1.57. The van der Waals surface area contributed by atoms with Gasteiger partial charge in [-0.15, -0.1) is 0 Å². The van der Waals surface area contributed by atoms with Gasteiger partial charge in [0.05, 0.1) is 13.0 Å². The lowest BCUT2D eigenvalue weighted by atomic mass is 10.00. The Kier molecular flexibility index (Phi) is 4.28. The first-order valence-electron chi connectivity index (χ1n) is 3.53. The van der Waals surface area contributed by atoms with Crippen LogP contribution in [0.5, 0.6) is 0 Å². The van der Waals surface area contributed by atoms with E-state index < -0.39 is 24.0 Å². The lowest BCUT2D eigenvalue weighted by Gasteiger charge is -2.14. The highest BCUT2D eigenvalue weighted by Gasteiger charge is 2.30. The summed E-state index contributed by atoms with van der Waals surface area (Å²) in [5, 5.41) is 17.6. The van der Waals surface area contributed by atoms with Crippen LogP contribution in [0.25, 0.3) is 0 Å². The standard InChI is InChI=1S/C7H12O5/c1-3-4(6(9)10)5(8)7(11)12-2/h4-5,8H,3H2,1-2H3,(H,9,10)/t4-,5+/m0/s1. The molecule has 0 bridgehead atoms. The second-order valence-corrected chi connectivity index (χ2v) is 2.32. The Balaban J connectivity index is 4.30. The number of aliphatic hydroxyl groups is 1. The minimum Gasteiger partial charge on any atom is -0.481 e. The van der Waals surface area contributed by atoms with Gasteiger partial charge in [-0.25, -0.2) is 4.79 Å². The van der Waals surface area contributed by atoms with E-state index in [1.165, 1.54) is 0 Å². The zero-order valence-corrected chi connectivity index (χ0v) is 6.98. The Morgan fingerprint density at radius 3 is 2.25 bits per heavy atom. The van der Waals surface area contributed by atoms with E-state index in [2.05, 4.69) is 4.74 Å². The van der Waals surface area contributed by atoms with E-state index in [-0.39, 0.29) is 6.42 Å². The molecule has 12 heavy (non-hydrogen) atoms. The van der Waals surface area contributed by atoms with Crippen LogP contribution in [0.1, 0.15) is 13.3 Å². The number of ether oxygens (including phenoxy) is 1. The van der Waals surface area contributed by atoms with E-state index in [4.69, 9.17) is 10.2 Å². The van der Waals surface area contributed by atoms with E-state index in [1.807, 2.05) is 0 Å². The highest BCUT2D eigenvalue weighted by molar-refractivity contribution is 5.82. The molecule has 5 nitrogen and oxygen atoms in total. The summed E-state index contributed by atoms with van der Waals surface area (Å²) in [6.07, 6.45) is -1.39. The summed E-state index contributed by atoms with van der Waals surface area (Å²) in [5.41, 5.74) is 0. The van der Waals surface area contributed by atoms with Gasteiger partial charge in [-0.1, -0.05) is 6.92 Å². The smallest absolute Gasteiger partial charge is 0.335 e. The molecule has 0 unspecified atom stereocenters. The quantitative estimate of drug-likeness (QED) is 0.571. The third-order valence-corrected chi connectivity index (χ3v) is 1.58. The van der Waals surface area contributed by atoms with Crippen LogP contribution >= 0.6 is 0 Å². The van der Waals surface area contributed by atoms with Crippen molar-refractivity contribution in [1.29, 1.82) is 0 Å². The number of hydrogen-bond acceptors (Lipinski definition) is 4. The summed E-state index contributed by atoms with van der Waals surface area (Å²) in [6.45, 7) is 1.57. The second kappa shape index (κ2) is 4.71. The Hall–Kier alpha value is -1.10. The molecule has 0 amide bonds. The van der Waals surface area contributed by atoms with Crippen molar-refractivity contribution in [3.05, 3.63) is 0 Å². The van der Waals surface area contributed by atoms with Gasteiger partial charge in [0.1, 0.15) is 0 Å². The SMILES string of the molecule is CC[C@H](C(=O)O)[C@@H](O)C(=O)OC. The molecule has 0 saturated carbocycles. The minimum absolute atomic E-state index is 0.186. The molecule has 2 N–H and O–H groups in total. The first-order valence-corrected chi connectivity index (χ1v) is 3.53. The maximum absolute atomic E-state index is 10.7. The summed E-state index contributed by atoms with van der Waals surface area (Å²) < 4.78 is 4.19. The van der Waals surface area contributed by atoms with Gasteiger partial charge >= 0.3 is 11.9 Å². The molecular formula is C7H12O5. The normalized spacial score (nSPS) is 14.9. The van der Waals surface area contributed by atoms with E-state index in [1.54, 1.807) is 6.92 Å². The molecule has 0 radical (unpaired) electrons. The molecule has 0 aliphatic carbocycles. The molecule has 0 aromatic heterocycles. The number of rotatable bonds is 4. The topological polar surface area (TPSA) is 83.8 Å². The molecule has 0 heterocycles. The van der Waals surface area contributed by atoms with Crippen LogP contribution in [0.2, 0.25) is 0 Å². The molecular weight excluding hydrogens is 164 g/mol. The molecule has 2 atom stereocenters. The summed E-state index contributed by atoms with van der Waals surface area (Å²) >= 11 is 0. The van der Waals surface area contributed by atoms with Gasteiger partial charge in [0, 0.05) is 0 Å². The fraction of sp³-hybridized carbons (Fsp3) is 0.714. The zero-order valence-electron chi connectivity index (χ0n) is 6.98. The predicted octanol–water partition coefficient (Wildman–Crippen LogP) is -0.369. The average molecular weight is 176 g/mol. The number of hydrogen-bond donors (Lipinski definition) is 2. The van der Waals surface area contributed by atoms with Crippen molar-refractivity contribution in [1.82, 2.24) is 0 Å². The first kappa shape index (κ1) is 10.9. The van der Waals surface area contributed by atoms with Gasteiger partial charge < -0.3 is 14.9 Å². The summed E-state index contributed by atoms with van der Waals surface area (Å²) in [7, 11) is 1.10. The van der Waals surface area contributed by atoms with Crippen LogP contribution in [0.3, 0.4) is 0 Å². The van der Waals surface area contributed by atoms with Gasteiger partial charge in [0.25, 0.3) is 0 Å². The van der Waals surface area contributed by atoms with Gasteiger partial charge in [0.2, 0.25) is 0 Å². The Labute approximate surface area is 70.0 Å². The van der Waals surface area contributed by atoms with E-state index in [0.717, 1.165) is 7.11 Å². The van der Waals surface area contributed by atoms with E-state index in [9.17, 15) is 9.59 Å². The van der Waals surface area contributed by atoms with Crippen molar-refractivity contribution in [3.63, 3.8) is 0 Å². The Bertz CT molecular complexity index is 177. The van der Waals surface area contributed by atoms with Crippen LogP contribution in [0.15, 0.2) is 0 Å². The van der Waals surface area contributed by atoms with Crippen molar-refractivity contribution in [2.75, 3.05) is 7.11 Å². The molecule has 70 valence electrons. The molecule has 5 heteroatoms. The predicted molar refractivity (Wildman–Crippen MR) is 39.4 cm³/mol. The number of methoxy groups -OCH3 is 1. The lowest BCUT2D eigenvalue weighted by Crippen LogP contribution is -2.35. The van der Waals surface area contributed by atoms with Gasteiger partial charge in [0.15, 0.2) is 6.10 Å². The van der Waals surface area contributed by atoms with Crippen molar-refractivity contribution >= 4 is 11.9 Å². The van der Waals surface area contributed by atoms with Crippen LogP contribution in [0.4, 0.5) is 0 Å². The van der Waals surface area contributed by atoms with Crippen LogP contribution in [-0.2, 0) is 14.3 Å². The van der Waals surface area contributed by atoms with Crippen molar-refractivity contribution < 1.29 is 24.5 Å². The molecule has 0 saturated heterocycles. The molecule has 0 aliphatic heterocycles. The number of aliphatic hydroxyl groups excluding tert-OH is 1. The van der Waals surface area contributed by atoms with Gasteiger partial charge in [-0.2, -0.15) is 0 Å². The summed E-state index contributed by atoms with van der Waals surface area (Å²) in [6, 6.07) is 0. The fourth-order valence-corrected chi connectivity index (χ4v) is 0.818. The van der Waals surface area contributed by atoms with Crippen LogP contribution in [-0.4, -0.2) is 35.4 Å². The van der Waals surface area contributed by atoms with Gasteiger partial charge in [-0.3, -0.25) is 4.79 Å². The van der Waals surface area contributed by atoms with Crippen molar-refractivity contribution in [3.8, 4) is 0 Å².